The molecule has 8 heavy (non-hydrogen) atoms. The average molecular weight is 117 g/mol. The number of nitrogens with zero attached hydrogens (tertiary/aromatic N) is 1. The van der Waals surface area contributed by atoms with E-state index in [9.17, 15) is 4.79 Å². The summed E-state index contributed by atoms with van der Waals surface area (Å²) < 4.78 is 0. The number of hydrogen-bond donors (Lipinski definition) is 2. The normalized spacial score (nSPS) is 28.0. The Kier molecular flexibility index (Phi) is 1.19. The molecule has 2 N–H and O–H groups in total. The Balaban J connectivity index is 2.35. The minimum atomic E-state index is -0.345. The maximum atomic E-state index is 10.2. The van der Waals surface area contributed by atoms with Gasteiger partial charge in [0.2, 0.25) is 5.91 Å². The summed E-state index contributed by atoms with van der Waals surface area (Å²) in [6.45, 7) is -0.151. The van der Waals surface area contributed by atoms with Crippen LogP contribution in [0.5, 0.6) is 0 Å². The molecule has 1 saturated heterocycles. The Hall–Kier alpha value is -0.610. The standard InChI is InChI=1S/C4H7NO3/c6-2-3-1-4(7)5(3)8/h3,6,8H,1-2H2. The molecule has 4 nitrogen and oxygen atoms in total. The van der Waals surface area contributed by atoms with Gasteiger partial charge < -0.3 is 5.11 Å². The molecule has 1 amide bonds. The molecular weight excluding hydrogens is 110 g/mol. The number of amides is 1. The van der Waals surface area contributed by atoms with Crippen LogP contribution < -0.4 is 0 Å². The maximum absolute atomic E-state index is 10.2. The van der Waals surface area contributed by atoms with Crippen molar-refractivity contribution in [3.63, 3.8) is 0 Å². The second kappa shape index (κ2) is 1.72. The fraction of sp³-hybridized carbons (Fsp3) is 0.750. The summed E-state index contributed by atoms with van der Waals surface area (Å²) >= 11 is 0. The van der Waals surface area contributed by atoms with E-state index in [1.807, 2.05) is 0 Å². The molecule has 1 fully saturated rings. The average Bonchev–Trinajstić information content (AvgIpc) is 1.81. The summed E-state index contributed by atoms with van der Waals surface area (Å²) in [5, 5.41) is 17.4. The van der Waals surface area contributed by atoms with Gasteiger partial charge in [-0.2, -0.15) is 0 Å². The number of aliphatic hydroxyl groups excluding tert-OH is 1. The van der Waals surface area contributed by atoms with Crippen molar-refractivity contribution in [2.24, 2.45) is 0 Å². The van der Waals surface area contributed by atoms with E-state index < -0.39 is 0 Å². The third-order valence-electron chi connectivity index (χ3n) is 1.22. The number of carbonyl (C=O) groups is 1. The Bertz CT molecular complexity index is 114. The fourth-order valence-corrected chi connectivity index (χ4v) is 0.615. The number of carbonyl (C=O) groups excluding carboxylic acids is 1. The lowest BCUT2D eigenvalue weighted by molar-refractivity contribution is -0.206. The zero-order valence-corrected chi connectivity index (χ0v) is 4.24. The highest BCUT2D eigenvalue weighted by atomic mass is 16.5. The van der Waals surface area contributed by atoms with Crippen molar-refractivity contribution >= 4 is 5.91 Å². The van der Waals surface area contributed by atoms with Crippen LogP contribution in [0.3, 0.4) is 0 Å². The molecule has 1 aliphatic heterocycles. The smallest absolute Gasteiger partial charge is 0.248 e. The predicted octanol–water partition coefficient (Wildman–Crippen LogP) is -1.03. The van der Waals surface area contributed by atoms with E-state index in [4.69, 9.17) is 10.3 Å². The van der Waals surface area contributed by atoms with E-state index in [1.165, 1.54) is 0 Å². The first-order valence-electron chi connectivity index (χ1n) is 2.37. The van der Waals surface area contributed by atoms with Gasteiger partial charge in [0.1, 0.15) is 0 Å². The largest absolute Gasteiger partial charge is 0.394 e. The summed E-state index contributed by atoms with van der Waals surface area (Å²) in [4.78, 5) is 10.2. The molecule has 0 saturated carbocycles. The van der Waals surface area contributed by atoms with Gasteiger partial charge in [0.05, 0.1) is 19.1 Å². The third-order valence-corrected chi connectivity index (χ3v) is 1.22. The molecule has 0 aliphatic carbocycles. The highest BCUT2D eigenvalue weighted by molar-refractivity contribution is 5.81. The van der Waals surface area contributed by atoms with Crippen molar-refractivity contribution in [3.8, 4) is 0 Å². The number of rotatable bonds is 1. The van der Waals surface area contributed by atoms with E-state index in [1.54, 1.807) is 0 Å². The summed E-state index contributed by atoms with van der Waals surface area (Å²) in [5.74, 6) is -0.316. The van der Waals surface area contributed by atoms with Gasteiger partial charge >= 0.3 is 0 Å². The first kappa shape index (κ1) is 5.53. The van der Waals surface area contributed by atoms with Crippen LogP contribution in [-0.4, -0.2) is 33.9 Å². The molecule has 0 bridgehead atoms. The zero-order chi connectivity index (χ0) is 6.15. The Labute approximate surface area is 46.3 Å². The van der Waals surface area contributed by atoms with E-state index in [2.05, 4.69) is 0 Å². The van der Waals surface area contributed by atoms with Crippen LogP contribution in [0.4, 0.5) is 0 Å². The van der Waals surface area contributed by atoms with E-state index in [0.717, 1.165) is 0 Å². The number of hydrogen-bond acceptors (Lipinski definition) is 3. The maximum Gasteiger partial charge on any atom is 0.248 e. The topological polar surface area (TPSA) is 60.8 Å². The number of aliphatic hydroxyl groups is 1. The lowest BCUT2D eigenvalue weighted by atomic mass is 10.1. The molecule has 1 heterocycles. The van der Waals surface area contributed by atoms with E-state index in [0.29, 0.717) is 5.06 Å². The van der Waals surface area contributed by atoms with Gasteiger partial charge in [-0.3, -0.25) is 10.0 Å². The molecule has 0 radical (unpaired) electrons. The van der Waals surface area contributed by atoms with Crippen LogP contribution >= 0.6 is 0 Å². The SMILES string of the molecule is O=C1CC(CO)N1O. The molecular formula is C4H7NO3. The van der Waals surface area contributed by atoms with Gasteiger partial charge in [0, 0.05) is 0 Å². The molecule has 0 spiro atoms. The van der Waals surface area contributed by atoms with Crippen molar-refractivity contribution in [2.75, 3.05) is 6.61 Å². The van der Waals surface area contributed by atoms with Crippen molar-refractivity contribution in [1.82, 2.24) is 5.06 Å². The minimum Gasteiger partial charge on any atom is -0.394 e. The van der Waals surface area contributed by atoms with Crippen molar-refractivity contribution in [2.45, 2.75) is 12.5 Å². The van der Waals surface area contributed by atoms with Crippen LogP contribution in [0.15, 0.2) is 0 Å². The number of β-lactam (4-membered cyclic amide) rings is 1. The highest BCUT2D eigenvalue weighted by Gasteiger charge is 2.34. The predicted molar refractivity (Wildman–Crippen MR) is 24.1 cm³/mol. The van der Waals surface area contributed by atoms with Gasteiger partial charge in [-0.25, -0.2) is 5.06 Å². The van der Waals surface area contributed by atoms with Crippen LogP contribution in [0, 0.1) is 0 Å². The quantitative estimate of drug-likeness (QED) is 0.341. The second-order valence-corrected chi connectivity index (χ2v) is 1.78. The molecule has 46 valence electrons. The van der Waals surface area contributed by atoms with Gasteiger partial charge in [0.25, 0.3) is 0 Å². The first-order valence-corrected chi connectivity index (χ1v) is 2.37. The van der Waals surface area contributed by atoms with Crippen molar-refractivity contribution in [3.05, 3.63) is 0 Å². The fourth-order valence-electron chi connectivity index (χ4n) is 0.615. The Morgan fingerprint density at radius 3 is 2.62 bits per heavy atom. The van der Waals surface area contributed by atoms with Crippen LogP contribution in [0.2, 0.25) is 0 Å². The van der Waals surface area contributed by atoms with Gasteiger partial charge in [0.15, 0.2) is 0 Å². The molecule has 1 rings (SSSR count). The molecule has 4 heteroatoms. The summed E-state index contributed by atoms with van der Waals surface area (Å²) in [6, 6.07) is -0.345. The Morgan fingerprint density at radius 2 is 2.50 bits per heavy atom. The van der Waals surface area contributed by atoms with Crippen molar-refractivity contribution < 1.29 is 15.1 Å². The first-order chi connectivity index (χ1) is 3.75. The van der Waals surface area contributed by atoms with Gasteiger partial charge in [-0.1, -0.05) is 0 Å². The van der Waals surface area contributed by atoms with Crippen LogP contribution in [0.25, 0.3) is 0 Å². The Morgan fingerprint density at radius 1 is 1.88 bits per heavy atom. The molecule has 1 aliphatic rings. The molecule has 0 aromatic carbocycles. The number of hydroxylamine groups is 2. The molecule has 1 atom stereocenters. The van der Waals surface area contributed by atoms with E-state index in [-0.39, 0.29) is 25.0 Å². The minimum absolute atomic E-state index is 0.151. The summed E-state index contributed by atoms with van der Waals surface area (Å²) in [7, 11) is 0. The van der Waals surface area contributed by atoms with Crippen molar-refractivity contribution in [1.29, 1.82) is 0 Å². The highest BCUT2D eigenvalue weighted by Crippen LogP contribution is 2.14. The molecule has 0 aromatic rings. The summed E-state index contributed by atoms with van der Waals surface area (Å²) in [5.41, 5.74) is 0. The molecule has 1 unspecified atom stereocenters. The molecule has 0 aromatic heterocycles. The zero-order valence-electron chi connectivity index (χ0n) is 4.24. The monoisotopic (exact) mass is 117 g/mol. The van der Waals surface area contributed by atoms with Crippen LogP contribution in [-0.2, 0) is 4.79 Å². The lowest BCUT2D eigenvalue weighted by Gasteiger charge is -2.32. The van der Waals surface area contributed by atoms with E-state index >= 15 is 0 Å². The van der Waals surface area contributed by atoms with Gasteiger partial charge in [-0.15, -0.1) is 0 Å². The van der Waals surface area contributed by atoms with Crippen LogP contribution in [0.1, 0.15) is 6.42 Å². The third kappa shape index (κ3) is 0.579. The lowest BCUT2D eigenvalue weighted by Crippen LogP contribution is -2.52. The second-order valence-electron chi connectivity index (χ2n) is 1.78. The summed E-state index contributed by atoms with van der Waals surface area (Å²) in [6.07, 6.45) is 0.271. The van der Waals surface area contributed by atoms with Gasteiger partial charge in [-0.05, 0) is 0 Å².